The number of aliphatic carboxylic acids is 1. The highest BCUT2D eigenvalue weighted by Crippen LogP contribution is 2.29. The lowest BCUT2D eigenvalue weighted by atomic mass is 10.0. The Bertz CT molecular complexity index is 1280. The van der Waals surface area contributed by atoms with Gasteiger partial charge in [-0.25, -0.2) is 14.8 Å². The van der Waals surface area contributed by atoms with Crippen molar-refractivity contribution >= 4 is 40.5 Å². The normalized spacial score (nSPS) is 18.2. The first-order valence-electron chi connectivity index (χ1n) is 12.3. The molecule has 9 nitrogen and oxygen atoms in total. The van der Waals surface area contributed by atoms with Gasteiger partial charge in [0.05, 0.1) is 23.4 Å². The lowest BCUT2D eigenvalue weighted by Gasteiger charge is -2.37. The molecule has 0 bridgehead atoms. The summed E-state index contributed by atoms with van der Waals surface area (Å²) in [6.07, 6.45) is 4.49. The predicted octanol–water partition coefficient (Wildman–Crippen LogP) is 3.98. The number of carboxylic acids is 1. The number of aromatic nitrogens is 3. The number of nitrogen functional groups attached to an aromatic ring is 1. The van der Waals surface area contributed by atoms with E-state index in [2.05, 4.69) is 65.2 Å². The Balaban J connectivity index is 1.55. The lowest BCUT2D eigenvalue weighted by Crippen LogP contribution is -2.46. The Hall–Kier alpha value is -3.72. The van der Waals surface area contributed by atoms with E-state index in [1.165, 1.54) is 11.6 Å². The quantitative estimate of drug-likeness (QED) is 0.317. The van der Waals surface area contributed by atoms with Crippen LogP contribution in [-0.4, -0.2) is 57.9 Å². The minimum Gasteiger partial charge on any atom is -0.478 e. The number of hydrogen-bond acceptors (Lipinski definition) is 8. The number of rotatable bonds is 8. The zero-order valence-corrected chi connectivity index (χ0v) is 21.3. The Morgan fingerprint density at radius 1 is 1.22 bits per heavy atom. The van der Waals surface area contributed by atoms with Gasteiger partial charge in [0.15, 0.2) is 0 Å². The highest BCUT2D eigenvalue weighted by atomic mass is 16.5. The maximum atomic E-state index is 11.0. The number of nitrogens with zero attached hydrogens (tertiary/aromatic N) is 4. The fourth-order valence-corrected chi connectivity index (χ4v) is 4.77. The summed E-state index contributed by atoms with van der Waals surface area (Å²) in [6, 6.07) is 8.53. The van der Waals surface area contributed by atoms with Crippen molar-refractivity contribution in [2.75, 3.05) is 35.6 Å². The zero-order chi connectivity index (χ0) is 25.8. The molecule has 4 rings (SSSR count). The lowest BCUT2D eigenvalue weighted by molar-refractivity contribution is -0.131. The predicted molar refractivity (Wildman–Crippen MR) is 143 cm³/mol. The number of anilines is 3. The number of aryl methyl sites for hydroxylation is 3. The van der Waals surface area contributed by atoms with E-state index in [4.69, 9.17) is 20.6 Å². The van der Waals surface area contributed by atoms with Gasteiger partial charge in [0.1, 0.15) is 11.6 Å². The molecular formula is C27H34N6O3. The van der Waals surface area contributed by atoms with Gasteiger partial charge < -0.3 is 25.8 Å². The van der Waals surface area contributed by atoms with Crippen LogP contribution in [0.4, 0.5) is 17.6 Å². The smallest absolute Gasteiger partial charge is 0.328 e. The fraction of sp³-hybridized carbons (Fsp3) is 0.407. The maximum Gasteiger partial charge on any atom is 0.328 e. The molecule has 1 aliphatic rings. The van der Waals surface area contributed by atoms with E-state index in [9.17, 15) is 4.79 Å². The molecule has 190 valence electrons. The average Bonchev–Trinajstić information content (AvgIpc) is 2.80. The van der Waals surface area contributed by atoms with Crippen molar-refractivity contribution in [2.45, 2.75) is 52.7 Å². The van der Waals surface area contributed by atoms with Crippen molar-refractivity contribution in [2.24, 2.45) is 0 Å². The van der Waals surface area contributed by atoms with Gasteiger partial charge in [-0.2, -0.15) is 4.98 Å². The number of hydrogen-bond donors (Lipinski definition) is 3. The van der Waals surface area contributed by atoms with Gasteiger partial charge in [0.2, 0.25) is 5.95 Å². The summed E-state index contributed by atoms with van der Waals surface area (Å²) >= 11 is 0. The van der Waals surface area contributed by atoms with E-state index in [1.807, 2.05) is 0 Å². The molecule has 2 atom stereocenters. The van der Waals surface area contributed by atoms with Crippen LogP contribution in [0.3, 0.4) is 0 Å². The Morgan fingerprint density at radius 2 is 1.97 bits per heavy atom. The highest BCUT2D eigenvalue weighted by molar-refractivity contribution is 5.87. The van der Waals surface area contributed by atoms with E-state index in [1.54, 1.807) is 6.92 Å². The van der Waals surface area contributed by atoms with Crippen molar-refractivity contribution in [3.8, 4) is 0 Å². The van der Waals surface area contributed by atoms with Gasteiger partial charge in [-0.3, -0.25) is 0 Å². The number of pyridine rings is 1. The van der Waals surface area contributed by atoms with Crippen molar-refractivity contribution in [1.82, 2.24) is 15.0 Å². The van der Waals surface area contributed by atoms with Crippen LogP contribution in [0.15, 0.2) is 30.3 Å². The molecule has 1 saturated heterocycles. The first kappa shape index (κ1) is 25.4. The van der Waals surface area contributed by atoms with E-state index >= 15 is 0 Å². The second kappa shape index (κ2) is 10.9. The summed E-state index contributed by atoms with van der Waals surface area (Å²) < 4.78 is 5.96. The molecule has 36 heavy (non-hydrogen) atoms. The van der Waals surface area contributed by atoms with Gasteiger partial charge in [0.25, 0.3) is 0 Å². The molecule has 0 spiro atoms. The monoisotopic (exact) mass is 490 g/mol. The summed E-state index contributed by atoms with van der Waals surface area (Å²) in [4.78, 5) is 26.9. The van der Waals surface area contributed by atoms with Crippen LogP contribution in [0.25, 0.3) is 17.0 Å². The molecule has 0 aliphatic carbocycles. The molecule has 0 unspecified atom stereocenters. The number of morpholine rings is 1. The first-order valence-corrected chi connectivity index (χ1v) is 12.3. The van der Waals surface area contributed by atoms with Crippen LogP contribution in [-0.2, 0) is 16.0 Å². The minimum absolute atomic E-state index is 0.140. The number of nitrogens with two attached hydrogens (primary N) is 1. The molecule has 1 fully saturated rings. The topological polar surface area (TPSA) is 126 Å². The van der Waals surface area contributed by atoms with Crippen molar-refractivity contribution in [1.29, 1.82) is 0 Å². The second-order valence-corrected chi connectivity index (χ2v) is 9.41. The fourth-order valence-electron chi connectivity index (χ4n) is 4.77. The number of fused-ring (bicyclic) bond motifs is 1. The number of benzene rings is 1. The van der Waals surface area contributed by atoms with E-state index in [-0.39, 0.29) is 18.2 Å². The van der Waals surface area contributed by atoms with E-state index < -0.39 is 5.97 Å². The summed E-state index contributed by atoms with van der Waals surface area (Å²) in [5, 5.41) is 13.5. The Morgan fingerprint density at radius 3 is 2.69 bits per heavy atom. The summed E-state index contributed by atoms with van der Waals surface area (Å²) in [7, 11) is 0. The molecule has 1 aromatic carbocycles. The summed E-state index contributed by atoms with van der Waals surface area (Å²) in [6.45, 7) is 10.3. The van der Waals surface area contributed by atoms with Crippen LogP contribution in [0.2, 0.25) is 0 Å². The number of carboxylic acid groups (broad SMARTS) is 1. The highest BCUT2D eigenvalue weighted by Gasteiger charge is 2.25. The second-order valence-electron chi connectivity index (χ2n) is 9.41. The van der Waals surface area contributed by atoms with Crippen LogP contribution < -0.4 is 16.0 Å². The van der Waals surface area contributed by atoms with Crippen molar-refractivity contribution < 1.29 is 14.6 Å². The third-order valence-corrected chi connectivity index (χ3v) is 6.28. The molecule has 4 N–H and O–H groups in total. The number of ether oxygens (including phenoxy) is 1. The molecule has 0 amide bonds. The van der Waals surface area contributed by atoms with Crippen LogP contribution in [0.5, 0.6) is 0 Å². The van der Waals surface area contributed by atoms with Crippen LogP contribution in [0, 0.1) is 13.8 Å². The van der Waals surface area contributed by atoms with Gasteiger partial charge in [-0.05, 0) is 63.8 Å². The Labute approximate surface area is 211 Å². The molecule has 2 aromatic heterocycles. The molecule has 3 aromatic rings. The summed E-state index contributed by atoms with van der Waals surface area (Å²) in [5.41, 5.74) is 10.5. The maximum absolute atomic E-state index is 11.0. The van der Waals surface area contributed by atoms with Gasteiger partial charge in [0, 0.05) is 36.7 Å². The SMILES string of the molecule is Cc1nc(N)nc(NCCCc2cc3cccc(C)c3nc2N2C[C@@H](C)O[C@@H](C)C2)c1/C=C/C(=O)O. The molecule has 9 heteroatoms. The zero-order valence-electron chi connectivity index (χ0n) is 21.3. The Kier molecular flexibility index (Phi) is 7.69. The third-order valence-electron chi connectivity index (χ3n) is 6.28. The molecule has 3 heterocycles. The minimum atomic E-state index is -1.03. The van der Waals surface area contributed by atoms with Crippen molar-refractivity contribution in [3.63, 3.8) is 0 Å². The number of nitrogens with one attached hydrogen (secondary N) is 1. The van der Waals surface area contributed by atoms with Gasteiger partial charge >= 0.3 is 5.97 Å². The standard InChI is InChI=1S/C27H34N6O3/c1-16-7-5-8-20-13-21(26(31-24(16)20)33-14-17(2)36-18(3)15-33)9-6-12-29-25-22(10-11-23(34)35)19(4)30-27(28)32-25/h5,7-8,10-11,13,17-18H,6,9,12,14-15H2,1-4H3,(H,34,35)(H3,28,29,30,32)/b11-10+/t17-,18+. The van der Waals surface area contributed by atoms with E-state index in [0.29, 0.717) is 23.6 Å². The van der Waals surface area contributed by atoms with Gasteiger partial charge in [-0.15, -0.1) is 0 Å². The largest absolute Gasteiger partial charge is 0.478 e. The van der Waals surface area contributed by atoms with E-state index in [0.717, 1.165) is 54.3 Å². The van der Waals surface area contributed by atoms with Gasteiger partial charge in [-0.1, -0.05) is 18.2 Å². The molecule has 0 saturated carbocycles. The molecular weight excluding hydrogens is 456 g/mol. The van der Waals surface area contributed by atoms with Crippen molar-refractivity contribution in [3.05, 3.63) is 52.7 Å². The van der Waals surface area contributed by atoms with Crippen LogP contribution in [0.1, 0.15) is 42.7 Å². The first-order chi connectivity index (χ1) is 17.2. The van der Waals surface area contributed by atoms with Crippen LogP contribution >= 0.6 is 0 Å². The average molecular weight is 491 g/mol. The number of para-hydroxylation sites is 1. The third kappa shape index (κ3) is 5.91. The number of carbonyl (C=O) groups is 1. The summed E-state index contributed by atoms with van der Waals surface area (Å²) in [5.74, 6) is 0.664. The molecule has 0 radical (unpaired) electrons. The molecule has 1 aliphatic heterocycles.